The first-order valence-corrected chi connectivity index (χ1v) is 13.0. The molecule has 1 saturated heterocycles. The van der Waals surface area contributed by atoms with Gasteiger partial charge in [-0.25, -0.2) is 9.98 Å². The van der Waals surface area contributed by atoms with Crippen molar-refractivity contribution in [3.05, 3.63) is 38.5 Å². The van der Waals surface area contributed by atoms with E-state index in [1.165, 1.54) is 11.3 Å². The molecule has 0 unspecified atom stereocenters. The zero-order chi connectivity index (χ0) is 22.9. The van der Waals surface area contributed by atoms with Crippen LogP contribution in [-0.4, -0.2) is 51.9 Å². The smallest absolute Gasteiger partial charge is 0.223 e. The second-order valence-electron chi connectivity index (χ2n) is 9.06. The Balaban J connectivity index is 1.32. The first kappa shape index (κ1) is 21.5. The summed E-state index contributed by atoms with van der Waals surface area (Å²) in [6, 6.07) is -0.0697. The van der Waals surface area contributed by atoms with Crippen LogP contribution in [0.1, 0.15) is 23.4 Å². The Bertz CT molecular complexity index is 1220. The third-order valence-corrected chi connectivity index (χ3v) is 9.19. The number of carbonyl (C=O) groups is 1. The number of aliphatic hydroxyl groups is 1. The summed E-state index contributed by atoms with van der Waals surface area (Å²) in [6.45, 7) is 1.33. The number of nitrogens with zero attached hydrogens (tertiary/aromatic N) is 4. The highest BCUT2D eigenvalue weighted by Gasteiger charge is 2.48. The molecule has 4 N–H and O–H groups in total. The summed E-state index contributed by atoms with van der Waals surface area (Å²) in [5.41, 5.74) is 9.02. The molecule has 33 heavy (non-hydrogen) atoms. The Morgan fingerprint density at radius 3 is 2.94 bits per heavy atom. The van der Waals surface area contributed by atoms with Crippen LogP contribution in [0.2, 0.25) is 5.15 Å². The maximum absolute atomic E-state index is 12.2. The van der Waals surface area contributed by atoms with E-state index in [1.54, 1.807) is 6.20 Å². The van der Waals surface area contributed by atoms with Gasteiger partial charge in [-0.1, -0.05) is 35.1 Å². The number of halogens is 2. The number of nitrogens with two attached hydrogens (primary N) is 1. The van der Waals surface area contributed by atoms with Crippen LogP contribution in [0.4, 0.5) is 16.5 Å². The van der Waals surface area contributed by atoms with Gasteiger partial charge in [-0.15, -0.1) is 0 Å². The van der Waals surface area contributed by atoms with Crippen LogP contribution in [0.15, 0.2) is 27.8 Å². The Hall–Kier alpha value is -2.01. The third-order valence-electron chi connectivity index (χ3n) is 7.03. The molecule has 5 atom stereocenters. The van der Waals surface area contributed by atoms with Crippen molar-refractivity contribution in [2.24, 2.45) is 28.5 Å². The number of β-amino-alcohol motifs (C(OH)–C–C–N with tert-alkyl or cyclic N) is 1. The molecule has 6 rings (SSSR count). The van der Waals surface area contributed by atoms with Gasteiger partial charge in [0.2, 0.25) is 5.91 Å². The van der Waals surface area contributed by atoms with Crippen molar-refractivity contribution in [2.45, 2.75) is 31.4 Å². The molecule has 8 nitrogen and oxygen atoms in total. The van der Waals surface area contributed by atoms with E-state index in [4.69, 9.17) is 22.3 Å². The lowest BCUT2D eigenvalue weighted by molar-refractivity contribution is -0.122. The molecule has 2 aromatic rings. The lowest BCUT2D eigenvalue weighted by Gasteiger charge is -2.28. The predicted molar refractivity (Wildman–Crippen MR) is 133 cm³/mol. The standard InChI is InChI=1S/C22H22BrClN6O2S/c23-12-7-26-13-6-14(19-20(24)29-22(33-19)30-4-3-11(31)8-30)27-18(13)17(12)28-16-10-2-1-9(5-10)15(16)21(25)32/h1-2,7,9-11,15-16,31H,3-6,8H2,(H2,25,32)(H,26,28)/t9-,10+,11-,15+,16-/m1/s1. The van der Waals surface area contributed by atoms with Crippen molar-refractivity contribution < 1.29 is 9.90 Å². The monoisotopic (exact) mass is 548 g/mol. The summed E-state index contributed by atoms with van der Waals surface area (Å²) >= 11 is 11.6. The molecule has 2 bridgehead atoms. The number of aliphatic hydroxyl groups excluding tert-OH is 1. The first-order valence-electron chi connectivity index (χ1n) is 11.0. The predicted octanol–water partition coefficient (Wildman–Crippen LogP) is 3.29. The molecule has 1 saturated carbocycles. The van der Waals surface area contributed by atoms with Gasteiger partial charge < -0.3 is 21.1 Å². The Morgan fingerprint density at radius 1 is 1.36 bits per heavy atom. The van der Waals surface area contributed by atoms with E-state index in [1.807, 2.05) is 0 Å². The zero-order valence-corrected chi connectivity index (χ0v) is 20.7. The van der Waals surface area contributed by atoms with E-state index in [9.17, 15) is 9.90 Å². The molecule has 2 aromatic heterocycles. The minimum Gasteiger partial charge on any atom is -0.391 e. The number of fused-ring (bicyclic) bond motifs is 3. The van der Waals surface area contributed by atoms with Gasteiger partial charge in [-0.3, -0.25) is 9.78 Å². The van der Waals surface area contributed by atoms with Crippen LogP contribution >= 0.6 is 38.9 Å². The summed E-state index contributed by atoms with van der Waals surface area (Å²) in [6.07, 6.45) is 7.96. The van der Waals surface area contributed by atoms with Crippen molar-refractivity contribution >= 4 is 67.0 Å². The Labute approximate surface area is 208 Å². The van der Waals surface area contributed by atoms with Gasteiger partial charge in [0.1, 0.15) is 5.69 Å². The maximum Gasteiger partial charge on any atom is 0.223 e. The number of primary amides is 1. The minimum atomic E-state index is -0.329. The number of aliphatic imine (C=N–C) groups is 1. The lowest BCUT2D eigenvalue weighted by atomic mass is 9.88. The normalized spacial score (nSPS) is 29.6. The average Bonchev–Trinajstić information content (AvgIpc) is 3.57. The van der Waals surface area contributed by atoms with Crippen molar-refractivity contribution in [3.8, 4) is 0 Å². The van der Waals surface area contributed by atoms with Gasteiger partial charge in [-0.2, -0.15) is 0 Å². The van der Waals surface area contributed by atoms with E-state index >= 15 is 0 Å². The van der Waals surface area contributed by atoms with E-state index in [0.717, 1.165) is 56.6 Å². The third kappa shape index (κ3) is 3.58. The number of pyridine rings is 1. The highest BCUT2D eigenvalue weighted by atomic mass is 79.9. The van der Waals surface area contributed by atoms with E-state index in [-0.39, 0.29) is 35.8 Å². The number of nitrogens with one attached hydrogen (secondary N) is 1. The number of aromatic nitrogens is 2. The van der Waals surface area contributed by atoms with Crippen LogP contribution in [0.5, 0.6) is 0 Å². The van der Waals surface area contributed by atoms with Crippen LogP contribution < -0.4 is 16.0 Å². The second kappa shape index (κ2) is 8.04. The van der Waals surface area contributed by atoms with Gasteiger partial charge in [0.15, 0.2) is 10.3 Å². The fraction of sp³-hybridized carbons (Fsp3) is 0.455. The number of rotatable bonds is 5. The minimum absolute atomic E-state index is 0.0697. The van der Waals surface area contributed by atoms with Crippen molar-refractivity contribution in [1.82, 2.24) is 9.97 Å². The summed E-state index contributed by atoms with van der Waals surface area (Å²) in [5, 5.41) is 14.7. The van der Waals surface area contributed by atoms with E-state index in [0.29, 0.717) is 18.1 Å². The molecule has 2 aliphatic carbocycles. The largest absolute Gasteiger partial charge is 0.391 e. The van der Waals surface area contributed by atoms with Gasteiger partial charge in [0, 0.05) is 31.7 Å². The van der Waals surface area contributed by atoms with Crippen molar-refractivity contribution in [2.75, 3.05) is 23.3 Å². The van der Waals surface area contributed by atoms with Gasteiger partial charge in [0.25, 0.3) is 0 Å². The van der Waals surface area contributed by atoms with Gasteiger partial charge in [0.05, 0.1) is 38.5 Å². The number of thiazole rings is 1. The second-order valence-corrected chi connectivity index (χ2v) is 11.3. The Kier molecular flexibility index (Phi) is 5.24. The summed E-state index contributed by atoms with van der Waals surface area (Å²) in [5.74, 6) is -0.0557. The number of hydrogen-bond acceptors (Lipinski definition) is 8. The summed E-state index contributed by atoms with van der Waals surface area (Å²) in [7, 11) is 0. The number of anilines is 2. The fourth-order valence-corrected chi connectivity index (χ4v) is 7.20. The highest BCUT2D eigenvalue weighted by molar-refractivity contribution is 9.10. The summed E-state index contributed by atoms with van der Waals surface area (Å²) in [4.78, 5) is 29.1. The molecule has 11 heteroatoms. The summed E-state index contributed by atoms with van der Waals surface area (Å²) < 4.78 is 0.795. The fourth-order valence-electron chi connectivity index (χ4n) is 5.46. The zero-order valence-electron chi connectivity index (χ0n) is 17.5. The van der Waals surface area contributed by atoms with Crippen LogP contribution in [-0.2, 0) is 11.2 Å². The quantitative estimate of drug-likeness (QED) is 0.493. The number of carbonyl (C=O) groups excluding carboxylic acids is 1. The SMILES string of the molecule is NC(=O)[C@@H]1[C@H](Nc2c(Br)cnc3c2N=C(c2sc(N4CC[C@@H](O)C4)nc2Cl)C3)[C@H]2C=C[C@@H]1C2. The first-order chi connectivity index (χ1) is 15.9. The van der Waals surface area contributed by atoms with Crippen molar-refractivity contribution in [3.63, 3.8) is 0 Å². The van der Waals surface area contributed by atoms with Gasteiger partial charge >= 0.3 is 0 Å². The van der Waals surface area contributed by atoms with Crippen LogP contribution in [0, 0.1) is 17.8 Å². The lowest BCUT2D eigenvalue weighted by Crippen LogP contribution is -2.41. The highest BCUT2D eigenvalue weighted by Crippen LogP contribution is 2.48. The average molecular weight is 550 g/mol. The molecule has 2 aliphatic heterocycles. The van der Waals surface area contributed by atoms with Crippen LogP contribution in [0.3, 0.4) is 0 Å². The van der Waals surface area contributed by atoms with Gasteiger partial charge in [-0.05, 0) is 40.6 Å². The molecule has 0 aromatic carbocycles. The number of amides is 1. The molecular weight excluding hydrogens is 528 g/mol. The molecule has 1 amide bonds. The van der Waals surface area contributed by atoms with E-state index in [2.05, 4.69) is 48.3 Å². The molecule has 2 fully saturated rings. The molecule has 0 spiro atoms. The topological polar surface area (TPSA) is 117 Å². The van der Waals surface area contributed by atoms with Crippen LogP contribution in [0.25, 0.3) is 0 Å². The molecular formula is C22H22BrClN6O2S. The molecule has 4 aliphatic rings. The number of allylic oxidation sites excluding steroid dienone is 1. The Morgan fingerprint density at radius 2 is 2.18 bits per heavy atom. The maximum atomic E-state index is 12.2. The molecule has 4 heterocycles. The molecule has 172 valence electrons. The van der Waals surface area contributed by atoms with Crippen molar-refractivity contribution in [1.29, 1.82) is 0 Å². The number of hydrogen-bond donors (Lipinski definition) is 3. The van der Waals surface area contributed by atoms with E-state index < -0.39 is 0 Å². The molecule has 0 radical (unpaired) electrons.